The monoisotopic (exact) mass is 309 g/mol. The third-order valence-corrected chi connectivity index (χ3v) is 4.24. The molecule has 4 nitrogen and oxygen atoms in total. The van der Waals surface area contributed by atoms with Gasteiger partial charge in [0.1, 0.15) is 5.82 Å². The van der Waals surface area contributed by atoms with Crippen molar-refractivity contribution in [2.24, 2.45) is 0 Å². The summed E-state index contributed by atoms with van der Waals surface area (Å²) in [6, 6.07) is 11.0. The summed E-state index contributed by atoms with van der Waals surface area (Å²) in [5, 5.41) is 9.05. The fourth-order valence-corrected chi connectivity index (χ4v) is 3.25. The van der Waals surface area contributed by atoms with E-state index in [0.717, 1.165) is 0 Å². The number of benzene rings is 2. The number of hydrogen-bond acceptors (Lipinski definition) is 3. The molecule has 0 bridgehead atoms. The van der Waals surface area contributed by atoms with Gasteiger partial charge in [0.25, 0.3) is 0 Å². The van der Waals surface area contributed by atoms with Crippen LogP contribution in [0.1, 0.15) is 16.7 Å². The van der Waals surface area contributed by atoms with Crippen LogP contribution < -0.4 is 4.72 Å². The van der Waals surface area contributed by atoms with E-state index in [1.54, 1.807) is 37.3 Å². The number of para-hydroxylation sites is 1. The third-order valence-electron chi connectivity index (χ3n) is 3.01. The zero-order valence-electron chi connectivity index (χ0n) is 11.5. The molecular weight excluding hydrogens is 293 g/mol. The van der Waals surface area contributed by atoms with E-state index in [1.165, 1.54) is 12.1 Å². The molecule has 0 heterocycles. The summed E-state index contributed by atoms with van der Waals surface area (Å²) >= 11 is 0. The van der Waals surface area contributed by atoms with Gasteiger partial charge in [0, 0.05) is 0 Å². The van der Waals surface area contributed by atoms with Crippen molar-refractivity contribution in [3.05, 3.63) is 65.0 Å². The Balaban J connectivity index is 2.23. The maximum Gasteiger partial charge on any atom is 0.237 e. The lowest BCUT2D eigenvalue weighted by Gasteiger charge is -2.11. The molecule has 0 aliphatic rings. The van der Waals surface area contributed by atoms with Gasteiger partial charge in [0.15, 0.2) is 0 Å². The number of anilines is 1. The molecule has 0 amide bonds. The van der Waals surface area contributed by atoms with Gasteiger partial charge in [0.05, 0.1) is 18.0 Å². The molecule has 0 fully saturated rings. The first-order chi connectivity index (χ1) is 9.91. The fraction of sp³-hybridized carbons (Fsp3) is 0.200. The van der Waals surface area contributed by atoms with Crippen LogP contribution in [-0.4, -0.2) is 13.5 Å². The minimum atomic E-state index is -3.73. The van der Waals surface area contributed by atoms with Gasteiger partial charge in [-0.05, 0) is 29.7 Å². The van der Waals surface area contributed by atoms with E-state index in [0.29, 0.717) is 16.7 Å². The van der Waals surface area contributed by atoms with E-state index in [9.17, 15) is 12.8 Å². The SMILES string of the molecule is Cc1cccc(F)c1NS(=O)(=O)Cc1cccc(CO)c1. The average molecular weight is 309 g/mol. The molecule has 2 rings (SSSR count). The molecule has 112 valence electrons. The van der Waals surface area contributed by atoms with E-state index in [1.807, 2.05) is 0 Å². The predicted octanol–water partition coefficient (Wildman–Crippen LogP) is 2.57. The van der Waals surface area contributed by atoms with Gasteiger partial charge >= 0.3 is 0 Å². The van der Waals surface area contributed by atoms with Crippen LogP contribution in [0.5, 0.6) is 0 Å². The van der Waals surface area contributed by atoms with Crippen LogP contribution in [0.15, 0.2) is 42.5 Å². The smallest absolute Gasteiger partial charge is 0.237 e. The molecule has 0 aliphatic heterocycles. The highest BCUT2D eigenvalue weighted by Gasteiger charge is 2.16. The van der Waals surface area contributed by atoms with Crippen LogP contribution in [0.25, 0.3) is 0 Å². The zero-order chi connectivity index (χ0) is 15.5. The molecule has 21 heavy (non-hydrogen) atoms. The molecule has 2 aromatic rings. The molecule has 0 atom stereocenters. The molecule has 0 unspecified atom stereocenters. The Kier molecular flexibility index (Phi) is 4.59. The van der Waals surface area contributed by atoms with E-state index in [-0.39, 0.29) is 18.0 Å². The maximum absolute atomic E-state index is 13.7. The van der Waals surface area contributed by atoms with Gasteiger partial charge in [-0.2, -0.15) is 0 Å². The second kappa shape index (κ2) is 6.24. The topological polar surface area (TPSA) is 66.4 Å². The van der Waals surface area contributed by atoms with Crippen molar-refractivity contribution in [3.8, 4) is 0 Å². The van der Waals surface area contributed by atoms with Crippen LogP contribution in [0.3, 0.4) is 0 Å². The normalized spacial score (nSPS) is 11.4. The Hall–Kier alpha value is -1.92. The van der Waals surface area contributed by atoms with Gasteiger partial charge in [-0.3, -0.25) is 4.72 Å². The van der Waals surface area contributed by atoms with Crippen LogP contribution in [0.2, 0.25) is 0 Å². The number of nitrogens with one attached hydrogen (secondary N) is 1. The molecule has 0 radical (unpaired) electrons. The highest BCUT2D eigenvalue weighted by atomic mass is 32.2. The molecule has 6 heteroatoms. The number of sulfonamides is 1. The second-order valence-electron chi connectivity index (χ2n) is 4.77. The average Bonchev–Trinajstić information content (AvgIpc) is 2.43. The van der Waals surface area contributed by atoms with Crippen molar-refractivity contribution >= 4 is 15.7 Å². The largest absolute Gasteiger partial charge is 0.392 e. The van der Waals surface area contributed by atoms with Crippen molar-refractivity contribution in [1.29, 1.82) is 0 Å². The first kappa shape index (κ1) is 15.5. The summed E-state index contributed by atoms with van der Waals surface area (Å²) < 4.78 is 40.2. The first-order valence-electron chi connectivity index (χ1n) is 6.35. The zero-order valence-corrected chi connectivity index (χ0v) is 12.3. The number of aryl methyl sites for hydroxylation is 1. The summed E-state index contributed by atoms with van der Waals surface area (Å²) in [4.78, 5) is 0. The summed E-state index contributed by atoms with van der Waals surface area (Å²) in [5.41, 5.74) is 1.64. The maximum atomic E-state index is 13.7. The van der Waals surface area contributed by atoms with Crippen molar-refractivity contribution in [3.63, 3.8) is 0 Å². The molecule has 0 aromatic heterocycles. The molecule has 0 saturated heterocycles. The van der Waals surface area contributed by atoms with E-state index >= 15 is 0 Å². The summed E-state index contributed by atoms with van der Waals surface area (Å²) in [7, 11) is -3.73. The molecule has 0 saturated carbocycles. The van der Waals surface area contributed by atoms with Crippen molar-refractivity contribution in [2.45, 2.75) is 19.3 Å². The van der Waals surface area contributed by atoms with Gasteiger partial charge in [-0.25, -0.2) is 12.8 Å². The molecule has 2 aromatic carbocycles. The number of aliphatic hydroxyl groups excluding tert-OH is 1. The predicted molar refractivity (Wildman–Crippen MR) is 79.7 cm³/mol. The molecule has 0 spiro atoms. The summed E-state index contributed by atoms with van der Waals surface area (Å²) in [6.45, 7) is 1.47. The van der Waals surface area contributed by atoms with E-state index < -0.39 is 15.8 Å². The minimum absolute atomic E-state index is 0.0317. The lowest BCUT2D eigenvalue weighted by molar-refractivity contribution is 0.282. The van der Waals surface area contributed by atoms with E-state index in [2.05, 4.69) is 4.72 Å². The highest BCUT2D eigenvalue weighted by molar-refractivity contribution is 7.91. The number of aliphatic hydroxyl groups is 1. The molecular formula is C15H16FNO3S. The van der Waals surface area contributed by atoms with Gasteiger partial charge in [-0.1, -0.05) is 36.4 Å². The lowest BCUT2D eigenvalue weighted by Crippen LogP contribution is -2.17. The van der Waals surface area contributed by atoms with Crippen molar-refractivity contribution in [2.75, 3.05) is 4.72 Å². The number of halogens is 1. The molecule has 0 aliphatic carbocycles. The van der Waals surface area contributed by atoms with Crippen molar-refractivity contribution in [1.82, 2.24) is 0 Å². The molecule has 2 N–H and O–H groups in total. The van der Waals surface area contributed by atoms with Crippen LogP contribution >= 0.6 is 0 Å². The first-order valence-corrected chi connectivity index (χ1v) is 8.01. The standard InChI is InChI=1S/C15H16FNO3S/c1-11-4-2-7-14(16)15(11)17-21(19,20)10-13-6-3-5-12(8-13)9-18/h2-8,17-18H,9-10H2,1H3. The van der Waals surface area contributed by atoms with Gasteiger partial charge in [0.2, 0.25) is 10.0 Å². The second-order valence-corrected chi connectivity index (χ2v) is 6.49. The lowest BCUT2D eigenvalue weighted by atomic mass is 10.1. The Morgan fingerprint density at radius 2 is 1.81 bits per heavy atom. The number of rotatable bonds is 5. The summed E-state index contributed by atoms with van der Waals surface area (Å²) in [6.07, 6.45) is 0. The van der Waals surface area contributed by atoms with Crippen LogP contribution in [-0.2, 0) is 22.4 Å². The number of hydrogen-bond donors (Lipinski definition) is 2. The quantitative estimate of drug-likeness (QED) is 0.892. The highest BCUT2D eigenvalue weighted by Crippen LogP contribution is 2.21. The van der Waals surface area contributed by atoms with Crippen LogP contribution in [0, 0.1) is 12.7 Å². The Labute approximate surface area is 123 Å². The Bertz CT molecular complexity index is 724. The van der Waals surface area contributed by atoms with Crippen LogP contribution in [0.4, 0.5) is 10.1 Å². The minimum Gasteiger partial charge on any atom is -0.392 e. The fourth-order valence-electron chi connectivity index (χ4n) is 1.99. The van der Waals surface area contributed by atoms with Gasteiger partial charge in [-0.15, -0.1) is 0 Å². The van der Waals surface area contributed by atoms with Crippen molar-refractivity contribution < 1.29 is 17.9 Å². The van der Waals surface area contributed by atoms with Gasteiger partial charge < -0.3 is 5.11 Å². The summed E-state index contributed by atoms with van der Waals surface area (Å²) in [5.74, 6) is -0.892. The Morgan fingerprint density at radius 1 is 1.14 bits per heavy atom. The third kappa shape index (κ3) is 4.03. The Morgan fingerprint density at radius 3 is 2.48 bits per heavy atom. The van der Waals surface area contributed by atoms with E-state index in [4.69, 9.17) is 5.11 Å².